The minimum Gasteiger partial charge on any atom is -0.362 e. The summed E-state index contributed by atoms with van der Waals surface area (Å²) in [6.07, 6.45) is -1.05. The van der Waals surface area contributed by atoms with Crippen LogP contribution in [-0.2, 0) is 9.53 Å². The molecule has 0 heterocycles. The molecule has 18 heavy (non-hydrogen) atoms. The highest BCUT2D eigenvalue weighted by molar-refractivity contribution is 9.09. The van der Waals surface area contributed by atoms with Crippen molar-refractivity contribution < 1.29 is 22.7 Å². The molecule has 0 radical (unpaired) electrons. The number of ether oxygens (including phenoxy) is 1. The van der Waals surface area contributed by atoms with E-state index >= 15 is 0 Å². The molecule has 2 unspecified atom stereocenters. The SMILES string of the molecule is O=C(COCC(F)(F)F)NCC1CCCC1CBr. The number of alkyl halides is 4. The van der Waals surface area contributed by atoms with Crippen LogP contribution in [0.15, 0.2) is 0 Å². The summed E-state index contributed by atoms with van der Waals surface area (Å²) in [5.41, 5.74) is 0. The molecule has 0 bridgehead atoms. The van der Waals surface area contributed by atoms with E-state index in [1.54, 1.807) is 0 Å². The van der Waals surface area contributed by atoms with Crippen LogP contribution in [0, 0.1) is 11.8 Å². The highest BCUT2D eigenvalue weighted by Crippen LogP contribution is 2.32. The number of amides is 1. The van der Waals surface area contributed by atoms with Gasteiger partial charge in [-0.15, -0.1) is 0 Å². The van der Waals surface area contributed by atoms with E-state index in [2.05, 4.69) is 26.0 Å². The van der Waals surface area contributed by atoms with Gasteiger partial charge in [-0.3, -0.25) is 4.79 Å². The Morgan fingerprint density at radius 2 is 2.00 bits per heavy atom. The van der Waals surface area contributed by atoms with Crippen LogP contribution in [-0.4, -0.2) is 37.2 Å². The summed E-state index contributed by atoms with van der Waals surface area (Å²) in [4.78, 5) is 11.3. The van der Waals surface area contributed by atoms with Crippen LogP contribution in [0.5, 0.6) is 0 Å². The van der Waals surface area contributed by atoms with E-state index < -0.39 is 25.3 Å². The maximum absolute atomic E-state index is 11.8. The van der Waals surface area contributed by atoms with Crippen molar-refractivity contribution in [2.75, 3.05) is 25.1 Å². The fraction of sp³-hybridized carbons (Fsp3) is 0.909. The summed E-state index contributed by atoms with van der Waals surface area (Å²) in [7, 11) is 0. The van der Waals surface area contributed by atoms with Crippen molar-refractivity contribution in [3.8, 4) is 0 Å². The summed E-state index contributed by atoms with van der Waals surface area (Å²) in [5.74, 6) is 0.469. The normalized spacial score (nSPS) is 24.2. The maximum Gasteiger partial charge on any atom is 0.411 e. The first-order valence-electron chi connectivity index (χ1n) is 5.89. The van der Waals surface area contributed by atoms with E-state index in [-0.39, 0.29) is 0 Å². The third-order valence-electron chi connectivity index (χ3n) is 3.07. The van der Waals surface area contributed by atoms with Crippen molar-refractivity contribution in [2.45, 2.75) is 25.4 Å². The summed E-state index contributed by atoms with van der Waals surface area (Å²) < 4.78 is 39.6. The molecule has 1 fully saturated rings. The van der Waals surface area contributed by atoms with Gasteiger partial charge in [-0.25, -0.2) is 0 Å². The molecule has 106 valence electrons. The fourth-order valence-corrected chi connectivity index (χ4v) is 2.99. The van der Waals surface area contributed by atoms with Crippen molar-refractivity contribution in [1.29, 1.82) is 0 Å². The molecule has 0 spiro atoms. The molecule has 7 heteroatoms. The molecule has 0 aliphatic heterocycles. The van der Waals surface area contributed by atoms with Gasteiger partial charge in [-0.2, -0.15) is 13.2 Å². The fourth-order valence-electron chi connectivity index (χ4n) is 2.14. The molecular weight excluding hydrogens is 315 g/mol. The van der Waals surface area contributed by atoms with Crippen LogP contribution in [0.4, 0.5) is 13.2 Å². The summed E-state index contributed by atoms with van der Waals surface area (Å²) in [6.45, 7) is -1.40. The minimum absolute atomic E-state index is 0.413. The predicted octanol–water partition coefficient (Wildman–Crippen LogP) is 2.49. The zero-order valence-corrected chi connectivity index (χ0v) is 11.5. The van der Waals surface area contributed by atoms with Gasteiger partial charge in [0.1, 0.15) is 13.2 Å². The van der Waals surface area contributed by atoms with Gasteiger partial charge in [0.15, 0.2) is 0 Å². The first kappa shape index (κ1) is 15.8. The third-order valence-corrected chi connectivity index (χ3v) is 3.91. The van der Waals surface area contributed by atoms with Gasteiger partial charge in [-0.05, 0) is 24.7 Å². The molecule has 1 aliphatic rings. The molecule has 1 N–H and O–H groups in total. The van der Waals surface area contributed by atoms with Crippen molar-refractivity contribution >= 4 is 21.8 Å². The van der Waals surface area contributed by atoms with E-state index in [9.17, 15) is 18.0 Å². The van der Waals surface area contributed by atoms with Crippen LogP contribution >= 0.6 is 15.9 Å². The number of nitrogens with one attached hydrogen (secondary N) is 1. The number of rotatable bonds is 6. The molecule has 2 atom stereocenters. The smallest absolute Gasteiger partial charge is 0.362 e. The molecule has 3 nitrogen and oxygen atoms in total. The van der Waals surface area contributed by atoms with Crippen LogP contribution < -0.4 is 5.32 Å². The van der Waals surface area contributed by atoms with Gasteiger partial charge in [-0.1, -0.05) is 22.4 Å². The van der Waals surface area contributed by atoms with E-state index in [1.165, 1.54) is 0 Å². The second-order valence-electron chi connectivity index (χ2n) is 4.52. The lowest BCUT2D eigenvalue weighted by Gasteiger charge is -2.17. The van der Waals surface area contributed by atoms with Crippen LogP contribution in [0.1, 0.15) is 19.3 Å². The summed E-state index contributed by atoms with van der Waals surface area (Å²) >= 11 is 3.43. The zero-order valence-electron chi connectivity index (χ0n) is 9.93. The number of halogens is 4. The van der Waals surface area contributed by atoms with E-state index in [0.29, 0.717) is 18.4 Å². The lowest BCUT2D eigenvalue weighted by molar-refractivity contribution is -0.175. The second-order valence-corrected chi connectivity index (χ2v) is 5.16. The van der Waals surface area contributed by atoms with Gasteiger partial charge in [0, 0.05) is 11.9 Å². The Bertz CT molecular complexity index is 274. The van der Waals surface area contributed by atoms with Gasteiger partial charge in [0.2, 0.25) is 5.91 Å². The molecule has 1 rings (SSSR count). The quantitative estimate of drug-likeness (QED) is 0.759. The standard InChI is InChI=1S/C11H17BrF3NO2/c12-4-8-2-1-3-9(8)5-16-10(17)6-18-7-11(13,14)15/h8-9H,1-7H2,(H,16,17). The third kappa shape index (κ3) is 6.04. The lowest BCUT2D eigenvalue weighted by atomic mass is 9.98. The van der Waals surface area contributed by atoms with Gasteiger partial charge >= 0.3 is 6.18 Å². The lowest BCUT2D eigenvalue weighted by Crippen LogP contribution is -2.34. The maximum atomic E-state index is 11.8. The first-order chi connectivity index (χ1) is 8.42. The predicted molar refractivity (Wildman–Crippen MR) is 64.5 cm³/mol. The van der Waals surface area contributed by atoms with Gasteiger partial charge in [0.05, 0.1) is 0 Å². The Hall–Kier alpha value is -0.300. The number of carbonyl (C=O) groups excluding carboxylic acids is 1. The first-order valence-corrected chi connectivity index (χ1v) is 7.01. The molecule has 0 aromatic carbocycles. The Kier molecular flexibility index (Phi) is 6.42. The Morgan fingerprint density at radius 3 is 2.61 bits per heavy atom. The molecule has 1 amide bonds. The molecule has 1 saturated carbocycles. The highest BCUT2D eigenvalue weighted by atomic mass is 79.9. The summed E-state index contributed by atoms with van der Waals surface area (Å²) in [5, 5.41) is 3.52. The highest BCUT2D eigenvalue weighted by Gasteiger charge is 2.28. The molecule has 0 saturated heterocycles. The van der Waals surface area contributed by atoms with E-state index in [0.717, 1.165) is 24.6 Å². The number of hydrogen-bond donors (Lipinski definition) is 1. The molecule has 0 aromatic heterocycles. The number of hydrogen-bond acceptors (Lipinski definition) is 2. The largest absolute Gasteiger partial charge is 0.411 e. The minimum atomic E-state index is -4.38. The topological polar surface area (TPSA) is 38.3 Å². The Morgan fingerprint density at radius 1 is 1.33 bits per heavy atom. The van der Waals surface area contributed by atoms with E-state index in [1.807, 2.05) is 0 Å². The molecule has 1 aliphatic carbocycles. The molecule has 0 aromatic rings. The Labute approximate surface area is 113 Å². The van der Waals surface area contributed by atoms with Crippen LogP contribution in [0.3, 0.4) is 0 Å². The average Bonchev–Trinajstić information content (AvgIpc) is 2.71. The van der Waals surface area contributed by atoms with Crippen molar-refractivity contribution in [1.82, 2.24) is 5.32 Å². The number of carbonyl (C=O) groups is 1. The van der Waals surface area contributed by atoms with Crippen molar-refractivity contribution in [2.24, 2.45) is 11.8 Å². The second kappa shape index (κ2) is 7.33. The van der Waals surface area contributed by atoms with Gasteiger partial charge in [0.25, 0.3) is 0 Å². The van der Waals surface area contributed by atoms with Crippen molar-refractivity contribution in [3.05, 3.63) is 0 Å². The summed E-state index contributed by atoms with van der Waals surface area (Å²) in [6, 6.07) is 0. The van der Waals surface area contributed by atoms with E-state index in [4.69, 9.17) is 0 Å². The average molecular weight is 332 g/mol. The van der Waals surface area contributed by atoms with Gasteiger partial charge < -0.3 is 10.1 Å². The zero-order chi connectivity index (χ0) is 13.6. The monoisotopic (exact) mass is 331 g/mol. The Balaban J connectivity index is 2.13. The van der Waals surface area contributed by atoms with Crippen molar-refractivity contribution in [3.63, 3.8) is 0 Å². The van der Waals surface area contributed by atoms with Crippen LogP contribution in [0.25, 0.3) is 0 Å². The molecular formula is C11H17BrF3NO2. The van der Waals surface area contributed by atoms with Crippen LogP contribution in [0.2, 0.25) is 0 Å².